The molecule has 10 heteroatoms. The van der Waals surface area contributed by atoms with Crippen molar-refractivity contribution in [2.45, 2.75) is 12.6 Å². The van der Waals surface area contributed by atoms with Crippen LogP contribution >= 0.6 is 0 Å². The lowest BCUT2D eigenvalue weighted by Crippen LogP contribution is -2.47. The first-order valence-corrected chi connectivity index (χ1v) is 7.97. The van der Waals surface area contributed by atoms with Crippen molar-refractivity contribution in [1.82, 2.24) is 15.1 Å². The highest BCUT2D eigenvalue weighted by Crippen LogP contribution is 2.46. The van der Waals surface area contributed by atoms with Gasteiger partial charge in [0.25, 0.3) is 5.91 Å². The molecule has 2 heterocycles. The number of ether oxygens (including phenoxy) is 1. The van der Waals surface area contributed by atoms with E-state index in [0.717, 1.165) is 4.90 Å². The predicted molar refractivity (Wildman–Crippen MR) is 87.2 cm³/mol. The number of methoxy groups -OCH3 is 1. The lowest BCUT2D eigenvalue weighted by Gasteiger charge is -2.27. The van der Waals surface area contributed by atoms with Gasteiger partial charge in [-0.05, 0) is 36.8 Å². The van der Waals surface area contributed by atoms with Crippen LogP contribution in [-0.4, -0.2) is 58.5 Å². The topological polar surface area (TPSA) is 95.5 Å². The molecule has 0 bridgehead atoms. The van der Waals surface area contributed by atoms with Gasteiger partial charge in [0, 0.05) is 18.7 Å². The number of halogens is 3. The molecule has 0 spiro atoms. The summed E-state index contributed by atoms with van der Waals surface area (Å²) in [5.41, 5.74) is -1.84. The molecule has 1 aromatic heterocycles. The standard InChI is InChI=1S/C17H16F3N3O4/c1-27-11-4-2-10(3-5-11)12-8-13(22-21-12)14(24)23-7-6-16(9-23,15(25)26)17(18,19)20/h2-5,8H,6-7,9H2,1H3,(H,21,22)(H,25,26). The highest BCUT2D eigenvalue weighted by Gasteiger charge is 2.64. The fourth-order valence-corrected chi connectivity index (χ4v) is 3.02. The molecule has 1 fully saturated rings. The number of benzene rings is 1. The van der Waals surface area contributed by atoms with Crippen LogP contribution in [0.3, 0.4) is 0 Å². The number of aromatic amines is 1. The van der Waals surface area contributed by atoms with Crippen LogP contribution in [0.4, 0.5) is 13.2 Å². The molecule has 2 aromatic rings. The number of nitrogens with zero attached hydrogens (tertiary/aromatic N) is 2. The highest BCUT2D eigenvalue weighted by molar-refractivity contribution is 5.94. The maximum absolute atomic E-state index is 13.2. The van der Waals surface area contributed by atoms with Gasteiger partial charge in [0.15, 0.2) is 5.41 Å². The number of carboxylic acid groups (broad SMARTS) is 1. The fourth-order valence-electron chi connectivity index (χ4n) is 3.02. The SMILES string of the molecule is COc1ccc(-c2cc(C(=O)N3CCC(C(=O)O)(C(F)(F)F)C3)[nH]n2)cc1. The van der Waals surface area contributed by atoms with Crippen LogP contribution < -0.4 is 4.74 Å². The third-order valence-corrected chi connectivity index (χ3v) is 4.70. The lowest BCUT2D eigenvalue weighted by molar-refractivity contribution is -0.227. The molecule has 1 atom stereocenters. The summed E-state index contributed by atoms with van der Waals surface area (Å²) in [5, 5.41) is 15.6. The van der Waals surface area contributed by atoms with E-state index in [2.05, 4.69) is 10.2 Å². The molecule has 3 rings (SSSR count). The van der Waals surface area contributed by atoms with Gasteiger partial charge in [0.05, 0.1) is 12.8 Å². The number of H-pyrrole nitrogens is 1. The molecule has 27 heavy (non-hydrogen) atoms. The Morgan fingerprint density at radius 2 is 1.96 bits per heavy atom. The summed E-state index contributed by atoms with van der Waals surface area (Å²) < 4.78 is 44.8. The van der Waals surface area contributed by atoms with Gasteiger partial charge < -0.3 is 14.7 Å². The zero-order valence-corrected chi connectivity index (χ0v) is 14.2. The predicted octanol–water partition coefficient (Wildman–Crippen LogP) is 2.56. The number of likely N-dealkylation sites (tertiary alicyclic amines) is 1. The number of carbonyl (C=O) groups is 2. The third-order valence-electron chi connectivity index (χ3n) is 4.70. The molecule has 1 aromatic carbocycles. The fraction of sp³-hybridized carbons (Fsp3) is 0.353. The van der Waals surface area contributed by atoms with Crippen LogP contribution in [0.15, 0.2) is 30.3 Å². The maximum atomic E-state index is 13.2. The number of aromatic nitrogens is 2. The van der Waals surface area contributed by atoms with Crippen LogP contribution in [0.2, 0.25) is 0 Å². The minimum Gasteiger partial charge on any atom is -0.497 e. The Balaban J connectivity index is 1.79. The summed E-state index contributed by atoms with van der Waals surface area (Å²) in [6.07, 6.45) is -5.63. The van der Waals surface area contributed by atoms with E-state index < -0.39 is 36.4 Å². The highest BCUT2D eigenvalue weighted by atomic mass is 19.4. The molecule has 0 aliphatic carbocycles. The average Bonchev–Trinajstić information content (AvgIpc) is 3.29. The van der Waals surface area contributed by atoms with Gasteiger partial charge in [0.1, 0.15) is 11.4 Å². The number of hydrogen-bond acceptors (Lipinski definition) is 4. The van der Waals surface area contributed by atoms with Crippen molar-refractivity contribution >= 4 is 11.9 Å². The zero-order valence-electron chi connectivity index (χ0n) is 14.2. The number of nitrogens with one attached hydrogen (secondary N) is 1. The van der Waals surface area contributed by atoms with E-state index in [9.17, 15) is 22.8 Å². The Kier molecular flexibility index (Phi) is 4.58. The first-order valence-electron chi connectivity index (χ1n) is 7.97. The van der Waals surface area contributed by atoms with Gasteiger partial charge in [-0.2, -0.15) is 18.3 Å². The molecule has 1 unspecified atom stereocenters. The van der Waals surface area contributed by atoms with Crippen LogP contribution in [0.5, 0.6) is 5.75 Å². The molecule has 144 valence electrons. The second-order valence-corrected chi connectivity index (χ2v) is 6.26. The quantitative estimate of drug-likeness (QED) is 0.846. The normalized spacial score (nSPS) is 19.9. The number of carbonyl (C=O) groups excluding carboxylic acids is 1. The number of carboxylic acids is 1. The first kappa shape index (κ1) is 18.7. The molecular weight excluding hydrogens is 367 g/mol. The van der Waals surface area contributed by atoms with Crippen LogP contribution in [-0.2, 0) is 4.79 Å². The number of amides is 1. The van der Waals surface area contributed by atoms with E-state index in [0.29, 0.717) is 17.0 Å². The summed E-state index contributed by atoms with van der Waals surface area (Å²) in [7, 11) is 1.52. The molecule has 1 aliphatic rings. The lowest BCUT2D eigenvalue weighted by atomic mass is 9.86. The van der Waals surface area contributed by atoms with Crippen molar-refractivity contribution in [1.29, 1.82) is 0 Å². The Morgan fingerprint density at radius 3 is 2.48 bits per heavy atom. The minimum atomic E-state index is -4.95. The van der Waals surface area contributed by atoms with E-state index in [-0.39, 0.29) is 12.2 Å². The Labute approximate surface area is 151 Å². The monoisotopic (exact) mass is 383 g/mol. The van der Waals surface area contributed by atoms with E-state index in [4.69, 9.17) is 9.84 Å². The zero-order chi connectivity index (χ0) is 19.8. The number of aliphatic carboxylic acids is 1. The summed E-state index contributed by atoms with van der Waals surface area (Å²) in [6, 6.07) is 8.27. The largest absolute Gasteiger partial charge is 0.497 e. The van der Waals surface area contributed by atoms with Gasteiger partial charge in [-0.15, -0.1) is 0 Å². The van der Waals surface area contributed by atoms with Crippen LogP contribution in [0.25, 0.3) is 11.3 Å². The average molecular weight is 383 g/mol. The second-order valence-electron chi connectivity index (χ2n) is 6.26. The molecule has 1 aliphatic heterocycles. The molecule has 1 saturated heterocycles. The second kappa shape index (κ2) is 6.60. The first-order chi connectivity index (χ1) is 12.7. The van der Waals surface area contributed by atoms with E-state index in [1.807, 2.05) is 0 Å². The van der Waals surface area contributed by atoms with Gasteiger partial charge in [0.2, 0.25) is 0 Å². The Bertz CT molecular complexity index is 863. The van der Waals surface area contributed by atoms with E-state index in [1.54, 1.807) is 24.3 Å². The number of rotatable bonds is 4. The molecule has 7 nitrogen and oxygen atoms in total. The van der Waals surface area contributed by atoms with Gasteiger partial charge >= 0.3 is 12.1 Å². The Hall–Kier alpha value is -3.04. The van der Waals surface area contributed by atoms with Gasteiger partial charge in [-0.25, -0.2) is 0 Å². The Morgan fingerprint density at radius 1 is 1.30 bits per heavy atom. The number of hydrogen-bond donors (Lipinski definition) is 2. The molecule has 0 saturated carbocycles. The molecule has 2 N–H and O–H groups in total. The van der Waals surface area contributed by atoms with Crippen molar-refractivity contribution in [3.63, 3.8) is 0 Å². The molecular formula is C17H16F3N3O4. The summed E-state index contributed by atoms with van der Waals surface area (Å²) in [4.78, 5) is 24.6. The van der Waals surface area contributed by atoms with Gasteiger partial charge in [-0.3, -0.25) is 14.7 Å². The van der Waals surface area contributed by atoms with E-state index in [1.165, 1.54) is 13.2 Å². The van der Waals surface area contributed by atoms with Crippen molar-refractivity contribution in [2.75, 3.05) is 20.2 Å². The maximum Gasteiger partial charge on any atom is 0.406 e. The number of alkyl halides is 3. The smallest absolute Gasteiger partial charge is 0.406 e. The van der Waals surface area contributed by atoms with Crippen LogP contribution in [0, 0.1) is 5.41 Å². The van der Waals surface area contributed by atoms with Crippen molar-refractivity contribution < 1.29 is 32.6 Å². The summed E-state index contributed by atoms with van der Waals surface area (Å²) >= 11 is 0. The van der Waals surface area contributed by atoms with Gasteiger partial charge in [-0.1, -0.05) is 0 Å². The molecule has 0 radical (unpaired) electrons. The molecule has 1 amide bonds. The minimum absolute atomic E-state index is 0.0100. The van der Waals surface area contributed by atoms with E-state index >= 15 is 0 Å². The van der Waals surface area contributed by atoms with Crippen molar-refractivity contribution in [2.24, 2.45) is 5.41 Å². The summed E-state index contributed by atoms with van der Waals surface area (Å²) in [5.74, 6) is -2.07. The van der Waals surface area contributed by atoms with Crippen LogP contribution in [0.1, 0.15) is 16.9 Å². The van der Waals surface area contributed by atoms with Crippen molar-refractivity contribution in [3.8, 4) is 17.0 Å². The summed E-state index contributed by atoms with van der Waals surface area (Å²) in [6.45, 7) is -1.23. The van der Waals surface area contributed by atoms with Crippen molar-refractivity contribution in [3.05, 3.63) is 36.0 Å². The third kappa shape index (κ3) is 3.22.